The monoisotopic (exact) mass is 794 g/mol. The number of halogens is 6. The summed E-state index contributed by atoms with van der Waals surface area (Å²) in [5, 5.41) is 0. The number of methoxy groups -OCH3 is 2. The van der Waals surface area contributed by atoms with Gasteiger partial charge in [0.25, 0.3) is 0 Å². The van der Waals surface area contributed by atoms with Crippen LogP contribution in [0.5, 0.6) is 0 Å². The molecule has 0 aliphatic carbocycles. The molecule has 2 aromatic rings. The highest BCUT2D eigenvalue weighted by Gasteiger charge is 2.19. The van der Waals surface area contributed by atoms with Crippen LogP contribution in [0.3, 0.4) is 0 Å². The zero-order valence-electron chi connectivity index (χ0n) is 22.9. The summed E-state index contributed by atoms with van der Waals surface area (Å²) in [5.41, 5.74) is 5.47. The van der Waals surface area contributed by atoms with Crippen LogP contribution in [0.4, 0.5) is 0 Å². The zero-order valence-corrected chi connectivity index (χ0v) is 29.9. The number of hydrogen-bond donors (Lipinski definition) is 0. The van der Waals surface area contributed by atoms with Crippen molar-refractivity contribution in [3.8, 4) is 0 Å². The maximum atomic E-state index is 11.9. The molecule has 0 radical (unpaired) electrons. The Balaban J connectivity index is 0. The van der Waals surface area contributed by atoms with E-state index in [1.54, 1.807) is 26.0 Å². The lowest BCUT2D eigenvalue weighted by Crippen LogP contribution is -2.14. The van der Waals surface area contributed by atoms with Crippen molar-refractivity contribution in [3.05, 3.63) is 68.8 Å². The molecule has 2 aromatic carbocycles. The van der Waals surface area contributed by atoms with Gasteiger partial charge in [-0.05, 0) is 69.0 Å². The molecule has 2 rings (SSSR count). The van der Waals surface area contributed by atoms with Gasteiger partial charge in [-0.15, -0.1) is 0 Å². The summed E-state index contributed by atoms with van der Waals surface area (Å²) in [6.07, 6.45) is 0.435. The van der Waals surface area contributed by atoms with Gasteiger partial charge in [0, 0.05) is 45.8 Å². The van der Waals surface area contributed by atoms with E-state index in [2.05, 4.69) is 48.9 Å². The van der Waals surface area contributed by atoms with E-state index in [1.165, 1.54) is 14.2 Å². The molecule has 0 bridgehead atoms. The molecule has 0 saturated carbocycles. The van der Waals surface area contributed by atoms with Crippen LogP contribution in [0.2, 0.25) is 0 Å². The number of benzene rings is 2. The molecule has 6 nitrogen and oxygen atoms in total. The first-order valence-corrected chi connectivity index (χ1v) is 17.2. The molecule has 0 aliphatic heterocycles. The molecule has 1 atom stereocenters. The second-order valence-corrected chi connectivity index (χ2v) is 11.3. The molecular weight excluding hydrogens is 766 g/mol. The first-order chi connectivity index (χ1) is 18.1. The molecule has 0 heterocycles. The summed E-state index contributed by atoms with van der Waals surface area (Å²) in [6, 6.07) is 6.91. The Bertz CT molecular complexity index is 1100. The molecule has 0 spiro atoms. The van der Waals surface area contributed by atoms with Crippen LogP contribution in [0.1, 0.15) is 84.0 Å². The third kappa shape index (κ3) is 14.0. The summed E-state index contributed by atoms with van der Waals surface area (Å²) in [6.45, 7) is 11.0. The third-order valence-electron chi connectivity index (χ3n) is 5.20. The quantitative estimate of drug-likeness (QED) is 0.165. The standard InChI is InChI=1S/C13H15BrO3.C13H16O3.CHCl3.Br2/c1-7-5-8(2)11(13(16)17-4)6-10(7)12(15)9(3)14;1-5-12(14)10-7-11(13(15)16-4)9(3)6-8(10)2;2-1(3)4;1-2/h5-6,9H,1-4H3;6-7H,5H2,1-4H3;1H;. The minimum atomic E-state index is -0.750. The number of rotatable bonds is 6. The van der Waals surface area contributed by atoms with E-state index in [4.69, 9.17) is 39.5 Å². The van der Waals surface area contributed by atoms with E-state index >= 15 is 0 Å². The Morgan fingerprint density at radius 2 is 1.03 bits per heavy atom. The number of alkyl halides is 4. The summed E-state index contributed by atoms with van der Waals surface area (Å²) < 4.78 is 8.62. The molecule has 0 fully saturated rings. The van der Waals surface area contributed by atoms with Gasteiger partial charge in [0.1, 0.15) is 0 Å². The van der Waals surface area contributed by atoms with Crippen molar-refractivity contribution in [1.82, 2.24) is 0 Å². The van der Waals surface area contributed by atoms with Crippen LogP contribution in [0, 0.1) is 27.7 Å². The molecule has 0 saturated heterocycles. The van der Waals surface area contributed by atoms with Gasteiger partial charge in [0.2, 0.25) is 0 Å². The van der Waals surface area contributed by atoms with Crippen molar-refractivity contribution in [1.29, 1.82) is 0 Å². The van der Waals surface area contributed by atoms with E-state index in [0.717, 1.165) is 22.3 Å². The van der Waals surface area contributed by atoms with Crippen LogP contribution in [-0.2, 0) is 9.47 Å². The van der Waals surface area contributed by atoms with Crippen molar-refractivity contribution < 1.29 is 28.7 Å². The molecule has 0 aliphatic rings. The van der Waals surface area contributed by atoms with Crippen LogP contribution in [0.15, 0.2) is 24.3 Å². The van der Waals surface area contributed by atoms with E-state index in [0.29, 0.717) is 28.7 Å². The van der Waals surface area contributed by atoms with Gasteiger partial charge in [0.15, 0.2) is 15.9 Å². The van der Waals surface area contributed by atoms with Crippen LogP contribution in [0.25, 0.3) is 0 Å². The van der Waals surface area contributed by atoms with Gasteiger partial charge in [-0.3, -0.25) is 9.59 Å². The van der Waals surface area contributed by atoms with Crippen molar-refractivity contribution in [3.63, 3.8) is 0 Å². The second-order valence-electron chi connectivity index (χ2n) is 7.95. The average Bonchev–Trinajstić information content (AvgIpc) is 2.88. The highest BCUT2D eigenvalue weighted by atomic mass is 80.9. The lowest BCUT2D eigenvalue weighted by Gasteiger charge is -2.11. The Morgan fingerprint density at radius 3 is 1.33 bits per heavy atom. The Labute approximate surface area is 269 Å². The summed E-state index contributed by atoms with van der Waals surface area (Å²) >= 11 is 23.2. The fourth-order valence-electron chi connectivity index (χ4n) is 3.33. The van der Waals surface area contributed by atoms with Gasteiger partial charge in [-0.25, -0.2) is 9.59 Å². The summed E-state index contributed by atoms with van der Waals surface area (Å²) in [5.74, 6) is -0.809. The van der Waals surface area contributed by atoms with E-state index in [1.807, 2.05) is 39.8 Å². The molecule has 39 heavy (non-hydrogen) atoms. The second kappa shape index (κ2) is 20.8. The average molecular weight is 799 g/mol. The number of Topliss-reactive ketones (excluding diaryl/α,β-unsaturated/α-hetero) is 2. The van der Waals surface area contributed by atoms with E-state index in [-0.39, 0.29) is 16.4 Å². The summed E-state index contributed by atoms with van der Waals surface area (Å²) in [7, 11) is 2.67. The number of esters is 2. The Hall–Kier alpha value is -0.970. The predicted octanol–water partition coefficient (Wildman–Crippen LogP) is 9.42. The maximum absolute atomic E-state index is 11.9. The van der Waals surface area contributed by atoms with Crippen molar-refractivity contribution in [2.45, 2.75) is 57.1 Å². The van der Waals surface area contributed by atoms with Gasteiger partial charge < -0.3 is 9.47 Å². The Morgan fingerprint density at radius 1 is 0.718 bits per heavy atom. The SMILES string of the molecule is BrBr.CCC(=O)c1cc(C(=O)OC)c(C)cc1C.COC(=O)c1cc(C(=O)C(C)Br)c(C)cc1C.ClC(Cl)Cl. The first-order valence-electron chi connectivity index (χ1n) is 11.3. The highest BCUT2D eigenvalue weighted by molar-refractivity contribution is 9.93. The highest BCUT2D eigenvalue weighted by Crippen LogP contribution is 2.21. The predicted molar refractivity (Wildman–Crippen MR) is 171 cm³/mol. The molecule has 1 unspecified atom stereocenters. The molecule has 218 valence electrons. The van der Waals surface area contributed by atoms with E-state index in [9.17, 15) is 19.2 Å². The number of carbonyl (C=O) groups excluding carboxylic acids is 4. The molecule has 0 amide bonds. The summed E-state index contributed by atoms with van der Waals surface area (Å²) in [4.78, 5) is 46.3. The fourth-order valence-corrected chi connectivity index (χ4v) is 3.58. The molecule has 12 heteroatoms. The van der Waals surface area contributed by atoms with Crippen molar-refractivity contribution >= 4 is 102 Å². The van der Waals surface area contributed by atoms with Gasteiger partial charge in [0.05, 0.1) is 30.2 Å². The zero-order chi connectivity index (χ0) is 31.0. The number of hydrogen-bond acceptors (Lipinski definition) is 6. The van der Waals surface area contributed by atoms with Crippen LogP contribution < -0.4 is 0 Å². The lowest BCUT2D eigenvalue weighted by atomic mass is 9.96. The smallest absolute Gasteiger partial charge is 0.338 e. The van der Waals surface area contributed by atoms with Crippen LogP contribution >= 0.6 is 79.0 Å². The third-order valence-corrected chi connectivity index (χ3v) is 5.62. The fraction of sp³-hybridized carbons (Fsp3) is 0.407. The Kier molecular flexibility index (Phi) is 21.5. The number of ether oxygens (including phenoxy) is 2. The van der Waals surface area contributed by atoms with Crippen molar-refractivity contribution in [2.75, 3.05) is 14.2 Å². The number of ketones is 2. The maximum Gasteiger partial charge on any atom is 0.338 e. The van der Waals surface area contributed by atoms with Crippen LogP contribution in [-0.4, -0.2) is 46.8 Å². The topological polar surface area (TPSA) is 86.7 Å². The molecular formula is C27H32Br3Cl3O6. The van der Waals surface area contributed by atoms with Gasteiger partial charge in [-0.1, -0.05) is 69.8 Å². The van der Waals surface area contributed by atoms with Gasteiger partial charge >= 0.3 is 11.9 Å². The normalized spacial score (nSPS) is 10.4. The van der Waals surface area contributed by atoms with Crippen molar-refractivity contribution in [2.24, 2.45) is 0 Å². The first kappa shape index (κ1) is 40.2. The lowest BCUT2D eigenvalue weighted by molar-refractivity contribution is 0.0590. The molecule has 0 N–H and O–H groups in total. The van der Waals surface area contributed by atoms with Gasteiger partial charge in [-0.2, -0.15) is 0 Å². The largest absolute Gasteiger partial charge is 0.465 e. The minimum Gasteiger partial charge on any atom is -0.465 e. The van der Waals surface area contributed by atoms with E-state index < -0.39 is 16.2 Å². The molecule has 0 aromatic heterocycles. The number of aryl methyl sites for hydroxylation is 4. The minimum absolute atomic E-state index is 0.0346. The number of carbonyl (C=O) groups is 4.